The van der Waals surface area contributed by atoms with Gasteiger partial charge in [-0.25, -0.2) is 9.59 Å². The van der Waals surface area contributed by atoms with Crippen LogP contribution in [0.4, 0.5) is 5.69 Å². The predicted molar refractivity (Wildman–Crippen MR) is 89.2 cm³/mol. The van der Waals surface area contributed by atoms with Crippen LogP contribution < -0.4 is 9.64 Å². The van der Waals surface area contributed by atoms with Crippen LogP contribution >= 0.6 is 0 Å². The second kappa shape index (κ2) is 8.17. The van der Waals surface area contributed by atoms with Crippen LogP contribution in [0.2, 0.25) is 0 Å². The molecule has 1 aromatic rings. The van der Waals surface area contributed by atoms with E-state index >= 15 is 0 Å². The first-order valence-electron chi connectivity index (χ1n) is 7.69. The number of carbonyl (C=O) groups excluding carboxylic acids is 2. The average Bonchev–Trinajstić information content (AvgIpc) is 2.61. The van der Waals surface area contributed by atoms with Crippen LogP contribution in [0.25, 0.3) is 0 Å². The Morgan fingerprint density at radius 1 is 1.00 bits per heavy atom. The van der Waals surface area contributed by atoms with E-state index in [1.165, 1.54) is 21.3 Å². The van der Waals surface area contributed by atoms with Crippen molar-refractivity contribution < 1.29 is 33.3 Å². The van der Waals surface area contributed by atoms with E-state index in [2.05, 4.69) is 0 Å². The number of ether oxygens (including phenoxy) is 5. The van der Waals surface area contributed by atoms with Crippen molar-refractivity contribution >= 4 is 17.6 Å². The smallest absolute Gasteiger partial charge is 0.342 e. The van der Waals surface area contributed by atoms with Gasteiger partial charge in [-0.3, -0.25) is 0 Å². The molecule has 0 aromatic heterocycles. The summed E-state index contributed by atoms with van der Waals surface area (Å²) in [6, 6.07) is 3.30. The fourth-order valence-electron chi connectivity index (χ4n) is 2.90. The molecule has 0 bridgehead atoms. The minimum atomic E-state index is -0.663. The number of hydrogen-bond acceptors (Lipinski definition) is 8. The molecule has 138 valence electrons. The summed E-state index contributed by atoms with van der Waals surface area (Å²) >= 11 is 0. The Bertz CT molecular complexity index is 636. The first-order valence-corrected chi connectivity index (χ1v) is 7.69. The number of hydrogen-bond donors (Lipinski definition) is 0. The zero-order valence-corrected chi connectivity index (χ0v) is 15.0. The summed E-state index contributed by atoms with van der Waals surface area (Å²) < 4.78 is 25.4. The number of rotatable bonds is 7. The summed E-state index contributed by atoms with van der Waals surface area (Å²) in [6.07, 6.45) is -0.285. The van der Waals surface area contributed by atoms with E-state index in [0.29, 0.717) is 13.1 Å². The lowest BCUT2D eigenvalue weighted by atomic mass is 9.96. The highest BCUT2D eigenvalue weighted by Crippen LogP contribution is 2.35. The Morgan fingerprint density at radius 2 is 1.60 bits per heavy atom. The molecule has 8 heteroatoms. The SMILES string of the molecule is COC(=O)c1cc(N2CC(C(OC)OC)C2)cc(OC)c1C(=O)OC. The van der Waals surface area contributed by atoms with Gasteiger partial charge in [0.25, 0.3) is 0 Å². The number of anilines is 1. The fourth-order valence-corrected chi connectivity index (χ4v) is 2.90. The molecule has 0 radical (unpaired) electrons. The number of carbonyl (C=O) groups is 2. The lowest BCUT2D eigenvalue weighted by Crippen LogP contribution is -2.53. The quantitative estimate of drug-likeness (QED) is 0.536. The molecule has 0 unspecified atom stereocenters. The van der Waals surface area contributed by atoms with Crippen molar-refractivity contribution in [1.82, 2.24) is 0 Å². The zero-order valence-electron chi connectivity index (χ0n) is 15.0. The molecule has 0 aliphatic carbocycles. The Labute approximate surface area is 146 Å². The average molecular weight is 353 g/mol. The first kappa shape index (κ1) is 19.0. The molecule has 0 N–H and O–H groups in total. The molecular formula is C17H23NO7. The molecule has 2 rings (SSSR count). The van der Waals surface area contributed by atoms with Crippen LogP contribution in [0, 0.1) is 5.92 Å². The lowest BCUT2D eigenvalue weighted by molar-refractivity contribution is -0.142. The largest absolute Gasteiger partial charge is 0.496 e. The van der Waals surface area contributed by atoms with Gasteiger partial charge < -0.3 is 28.6 Å². The van der Waals surface area contributed by atoms with Crippen molar-refractivity contribution in [1.29, 1.82) is 0 Å². The lowest BCUT2D eigenvalue weighted by Gasteiger charge is -2.43. The summed E-state index contributed by atoms with van der Waals surface area (Å²) in [4.78, 5) is 26.2. The maximum absolute atomic E-state index is 12.1. The standard InChI is InChI=1S/C17H23NO7/c1-21-13-7-11(18-8-10(9-18)17(24-4)25-5)6-12(15(19)22-2)14(13)16(20)23-3/h6-7,10,17H,8-9H2,1-5H3. The van der Waals surface area contributed by atoms with Crippen molar-refractivity contribution in [2.45, 2.75) is 6.29 Å². The van der Waals surface area contributed by atoms with E-state index in [1.54, 1.807) is 26.4 Å². The van der Waals surface area contributed by atoms with E-state index in [4.69, 9.17) is 23.7 Å². The third-order valence-corrected chi connectivity index (χ3v) is 4.23. The fraction of sp³-hybridized carbons (Fsp3) is 0.529. The highest BCUT2D eigenvalue weighted by molar-refractivity contribution is 6.06. The number of nitrogens with zero attached hydrogens (tertiary/aromatic N) is 1. The molecule has 1 saturated heterocycles. The highest BCUT2D eigenvalue weighted by Gasteiger charge is 2.35. The van der Waals surface area contributed by atoms with Gasteiger partial charge in [0.05, 0.1) is 26.9 Å². The summed E-state index contributed by atoms with van der Waals surface area (Å²) in [6.45, 7) is 1.38. The second-order valence-corrected chi connectivity index (χ2v) is 5.56. The van der Waals surface area contributed by atoms with Crippen molar-refractivity contribution in [3.63, 3.8) is 0 Å². The van der Waals surface area contributed by atoms with E-state index < -0.39 is 11.9 Å². The second-order valence-electron chi connectivity index (χ2n) is 5.56. The monoisotopic (exact) mass is 353 g/mol. The molecule has 0 saturated carbocycles. The molecule has 1 aromatic carbocycles. The minimum absolute atomic E-state index is 0.0457. The van der Waals surface area contributed by atoms with Gasteiger partial charge in [0.1, 0.15) is 11.3 Å². The van der Waals surface area contributed by atoms with Gasteiger partial charge in [0.15, 0.2) is 6.29 Å². The van der Waals surface area contributed by atoms with Crippen molar-refractivity contribution in [2.24, 2.45) is 5.92 Å². The van der Waals surface area contributed by atoms with Gasteiger partial charge in [-0.1, -0.05) is 0 Å². The van der Waals surface area contributed by atoms with Crippen LogP contribution in [0.1, 0.15) is 20.7 Å². The van der Waals surface area contributed by atoms with Gasteiger partial charge in [-0.05, 0) is 6.07 Å². The topological polar surface area (TPSA) is 83.5 Å². The molecule has 1 heterocycles. The predicted octanol–water partition coefficient (Wildman–Crippen LogP) is 1.32. The maximum Gasteiger partial charge on any atom is 0.342 e. The minimum Gasteiger partial charge on any atom is -0.496 e. The number of methoxy groups -OCH3 is 5. The van der Waals surface area contributed by atoms with Crippen molar-refractivity contribution in [3.8, 4) is 5.75 Å². The zero-order chi connectivity index (χ0) is 18.6. The van der Waals surface area contributed by atoms with E-state index in [1.807, 2.05) is 4.90 Å². The normalized spacial score (nSPS) is 14.2. The van der Waals surface area contributed by atoms with Crippen molar-refractivity contribution in [3.05, 3.63) is 23.3 Å². The molecule has 1 aliphatic rings. The van der Waals surface area contributed by atoms with Crippen LogP contribution in [-0.2, 0) is 18.9 Å². The summed E-state index contributed by atoms with van der Waals surface area (Å²) in [5.41, 5.74) is 0.888. The molecule has 0 amide bonds. The van der Waals surface area contributed by atoms with E-state index in [-0.39, 0.29) is 29.1 Å². The van der Waals surface area contributed by atoms with Gasteiger partial charge in [0, 0.05) is 45.0 Å². The third kappa shape index (κ3) is 3.69. The number of benzene rings is 1. The molecule has 1 aliphatic heterocycles. The third-order valence-electron chi connectivity index (χ3n) is 4.23. The van der Waals surface area contributed by atoms with Crippen LogP contribution in [0.15, 0.2) is 12.1 Å². The maximum atomic E-state index is 12.1. The molecule has 0 atom stereocenters. The highest BCUT2D eigenvalue weighted by atomic mass is 16.7. The molecule has 1 fully saturated rings. The first-order chi connectivity index (χ1) is 12.0. The summed E-state index contributed by atoms with van der Waals surface area (Å²) in [5, 5.41) is 0. The van der Waals surface area contributed by atoms with Crippen LogP contribution in [-0.4, -0.2) is 66.9 Å². The van der Waals surface area contributed by atoms with Crippen molar-refractivity contribution in [2.75, 3.05) is 53.5 Å². The Kier molecular flexibility index (Phi) is 6.22. The van der Waals surface area contributed by atoms with Gasteiger partial charge in [-0.15, -0.1) is 0 Å². The Balaban J connectivity index is 2.35. The Morgan fingerprint density at radius 3 is 2.08 bits per heavy atom. The molecule has 25 heavy (non-hydrogen) atoms. The molecular weight excluding hydrogens is 330 g/mol. The van der Waals surface area contributed by atoms with Crippen LogP contribution in [0.5, 0.6) is 5.75 Å². The van der Waals surface area contributed by atoms with Gasteiger partial charge >= 0.3 is 11.9 Å². The molecule has 8 nitrogen and oxygen atoms in total. The Hall–Kier alpha value is -2.32. The summed E-state index contributed by atoms with van der Waals surface area (Å²) in [7, 11) is 7.12. The number of esters is 2. The van der Waals surface area contributed by atoms with E-state index in [0.717, 1.165) is 5.69 Å². The molecule has 0 spiro atoms. The summed E-state index contributed by atoms with van der Waals surface area (Å²) in [5.74, 6) is -0.834. The van der Waals surface area contributed by atoms with Crippen LogP contribution in [0.3, 0.4) is 0 Å². The van der Waals surface area contributed by atoms with Gasteiger partial charge in [0.2, 0.25) is 0 Å². The van der Waals surface area contributed by atoms with E-state index in [9.17, 15) is 9.59 Å². The van der Waals surface area contributed by atoms with Gasteiger partial charge in [-0.2, -0.15) is 0 Å².